The van der Waals surface area contributed by atoms with Crippen LogP contribution in [-0.2, 0) is 0 Å². The van der Waals surface area contributed by atoms with Gasteiger partial charge in [-0.3, -0.25) is 9.80 Å². The van der Waals surface area contributed by atoms with Gasteiger partial charge in [0.2, 0.25) is 0 Å². The number of amides is 1. The number of para-hydroxylation sites is 1. The van der Waals surface area contributed by atoms with E-state index in [1.54, 1.807) is 7.11 Å². The summed E-state index contributed by atoms with van der Waals surface area (Å²) in [4.78, 5) is 22.7. The first-order chi connectivity index (χ1) is 15.5. The number of carbonyl (C=O) groups is 1. The Balaban J connectivity index is 1.39. The van der Waals surface area contributed by atoms with E-state index in [1.807, 2.05) is 34.2 Å². The fourth-order valence-electron chi connectivity index (χ4n) is 5.20. The second kappa shape index (κ2) is 8.60. The summed E-state index contributed by atoms with van der Waals surface area (Å²) in [6.45, 7) is 4.63. The molecular weight excluding hydrogens is 404 g/mol. The predicted molar refractivity (Wildman–Crippen MR) is 124 cm³/mol. The lowest BCUT2D eigenvalue weighted by Gasteiger charge is -2.39. The zero-order valence-electron chi connectivity index (χ0n) is 18.8. The molecule has 0 radical (unpaired) electrons. The monoisotopic (exact) mass is 436 g/mol. The summed E-state index contributed by atoms with van der Waals surface area (Å²) in [6, 6.07) is 7.75. The van der Waals surface area contributed by atoms with Crippen LogP contribution in [0.1, 0.15) is 43.0 Å². The molecule has 170 valence electrons. The molecule has 2 fully saturated rings. The van der Waals surface area contributed by atoms with Gasteiger partial charge in [-0.05, 0) is 50.8 Å². The Morgan fingerprint density at radius 2 is 2.06 bits per heavy atom. The van der Waals surface area contributed by atoms with Gasteiger partial charge in [0.1, 0.15) is 17.4 Å². The van der Waals surface area contributed by atoms with Crippen molar-refractivity contribution >= 4 is 11.7 Å². The average molecular weight is 437 g/mol. The van der Waals surface area contributed by atoms with Crippen LogP contribution in [0.25, 0.3) is 0 Å². The predicted octanol–water partition coefficient (Wildman–Crippen LogP) is 2.07. The first-order valence-corrected chi connectivity index (χ1v) is 11.5. The van der Waals surface area contributed by atoms with Gasteiger partial charge >= 0.3 is 0 Å². The van der Waals surface area contributed by atoms with Crippen molar-refractivity contribution in [2.75, 3.05) is 26.7 Å². The van der Waals surface area contributed by atoms with Crippen LogP contribution < -0.4 is 15.9 Å². The Hall–Kier alpha value is -2.84. The Kier molecular flexibility index (Phi) is 5.65. The number of methoxy groups -OCH3 is 1. The number of benzene rings is 1. The molecule has 0 bridgehead atoms. The van der Waals surface area contributed by atoms with Crippen molar-refractivity contribution < 1.29 is 9.53 Å². The van der Waals surface area contributed by atoms with Gasteiger partial charge in [0.15, 0.2) is 0 Å². The number of carbonyl (C=O) groups excluding carboxylic acids is 1. The topological polar surface area (TPSA) is 86.4 Å². The van der Waals surface area contributed by atoms with Crippen molar-refractivity contribution in [2.45, 2.75) is 50.7 Å². The first kappa shape index (κ1) is 21.0. The van der Waals surface area contributed by atoms with E-state index in [0.29, 0.717) is 11.3 Å². The maximum absolute atomic E-state index is 13.5. The highest BCUT2D eigenvalue weighted by atomic mass is 16.5. The lowest BCUT2D eigenvalue weighted by molar-refractivity contribution is 0.0558. The number of nitrogens with two attached hydrogens (primary N) is 1. The summed E-state index contributed by atoms with van der Waals surface area (Å²) in [5, 5.41) is 2.00. The number of nitrogens with zero attached hydrogens (tertiary/aromatic N) is 4. The number of amidine groups is 1. The van der Waals surface area contributed by atoms with Gasteiger partial charge in [-0.25, -0.2) is 10.4 Å². The van der Waals surface area contributed by atoms with Crippen LogP contribution >= 0.6 is 0 Å². The van der Waals surface area contributed by atoms with Gasteiger partial charge in [0.05, 0.1) is 24.8 Å². The number of nitrogens with one attached hydrogen (secondary N) is 1. The summed E-state index contributed by atoms with van der Waals surface area (Å²) >= 11 is 0. The number of piperidine rings is 1. The molecule has 8 heteroatoms. The van der Waals surface area contributed by atoms with E-state index in [2.05, 4.69) is 29.5 Å². The van der Waals surface area contributed by atoms with Gasteiger partial charge in [0, 0.05) is 37.4 Å². The molecule has 3 unspecified atom stereocenters. The number of likely N-dealkylation sites (tertiary alicyclic amines) is 2. The molecule has 4 aliphatic rings. The molecule has 3 N–H and O–H groups in total. The van der Waals surface area contributed by atoms with Gasteiger partial charge in [-0.1, -0.05) is 12.1 Å². The van der Waals surface area contributed by atoms with E-state index in [-0.39, 0.29) is 24.0 Å². The number of aliphatic imine (C=N–C) groups is 1. The number of hydrogen-bond acceptors (Lipinski definition) is 7. The molecule has 4 heterocycles. The van der Waals surface area contributed by atoms with Crippen LogP contribution in [0.15, 0.2) is 52.9 Å². The maximum Gasteiger partial charge on any atom is 0.257 e. The maximum atomic E-state index is 13.5. The zero-order chi connectivity index (χ0) is 22.2. The summed E-state index contributed by atoms with van der Waals surface area (Å²) in [5.74, 6) is 2.55. The molecule has 1 amide bonds. The van der Waals surface area contributed by atoms with E-state index >= 15 is 0 Å². The van der Waals surface area contributed by atoms with Gasteiger partial charge in [-0.2, -0.15) is 0 Å². The van der Waals surface area contributed by atoms with Crippen molar-refractivity contribution in [3.05, 3.63) is 53.5 Å². The van der Waals surface area contributed by atoms with Crippen LogP contribution in [0.5, 0.6) is 5.75 Å². The van der Waals surface area contributed by atoms with Crippen LogP contribution in [0.3, 0.4) is 0 Å². The highest BCUT2D eigenvalue weighted by molar-refractivity contribution is 5.99. The quantitative estimate of drug-likeness (QED) is 0.755. The zero-order valence-corrected chi connectivity index (χ0v) is 18.8. The molecule has 0 aromatic heterocycles. The highest BCUT2D eigenvalue weighted by Gasteiger charge is 2.38. The van der Waals surface area contributed by atoms with Crippen molar-refractivity contribution in [2.24, 2.45) is 10.7 Å². The van der Waals surface area contributed by atoms with E-state index < -0.39 is 0 Å². The van der Waals surface area contributed by atoms with Crippen LogP contribution in [-0.4, -0.2) is 71.4 Å². The molecular formula is C24H32N6O2. The molecule has 0 aliphatic carbocycles. The van der Waals surface area contributed by atoms with Crippen molar-refractivity contribution in [1.82, 2.24) is 20.2 Å². The van der Waals surface area contributed by atoms with Crippen LogP contribution in [0.2, 0.25) is 0 Å². The molecule has 0 saturated carbocycles. The van der Waals surface area contributed by atoms with E-state index in [9.17, 15) is 4.79 Å². The summed E-state index contributed by atoms with van der Waals surface area (Å²) in [7, 11) is 1.61. The third-order valence-electron chi connectivity index (χ3n) is 6.85. The fraction of sp³-hybridized carbons (Fsp3) is 0.500. The van der Waals surface area contributed by atoms with Crippen LogP contribution in [0.4, 0.5) is 0 Å². The van der Waals surface area contributed by atoms with Gasteiger partial charge in [0.25, 0.3) is 5.91 Å². The molecule has 1 aromatic carbocycles. The van der Waals surface area contributed by atoms with Crippen LogP contribution in [0, 0.1) is 0 Å². The minimum absolute atomic E-state index is 0.0111. The molecule has 5 rings (SSSR count). The normalized spacial score (nSPS) is 27.7. The third-order valence-corrected chi connectivity index (χ3v) is 6.85. The second-order valence-corrected chi connectivity index (χ2v) is 9.05. The van der Waals surface area contributed by atoms with E-state index in [1.165, 1.54) is 0 Å². The number of hydrazine groups is 1. The molecule has 1 aromatic rings. The van der Waals surface area contributed by atoms with Gasteiger partial charge in [-0.15, -0.1) is 0 Å². The minimum atomic E-state index is 0.0111. The number of ether oxygens (including phenoxy) is 1. The van der Waals surface area contributed by atoms with E-state index in [4.69, 9.17) is 15.5 Å². The lowest BCUT2D eigenvalue weighted by Crippen LogP contribution is -2.54. The molecule has 8 nitrogen and oxygen atoms in total. The van der Waals surface area contributed by atoms with Crippen molar-refractivity contribution in [3.63, 3.8) is 0 Å². The minimum Gasteiger partial charge on any atom is -0.496 e. The fourth-order valence-corrected chi connectivity index (χ4v) is 5.20. The lowest BCUT2D eigenvalue weighted by atomic mass is 9.95. The van der Waals surface area contributed by atoms with E-state index in [0.717, 1.165) is 62.5 Å². The molecule has 4 aliphatic heterocycles. The molecule has 2 saturated heterocycles. The standard InChI is InChI=1S/C24H32N6O2/c1-16-14-30-22(26-23(16)28-12-10-17(25)15-28)13-19(27-30)20-8-5-6-11-29(20)24(31)18-7-3-4-9-21(18)32-2/h3-4,7,9,13-14,17,19-20,27H,5-6,8,10-12,15,25H2,1-2H3. The number of hydrogen-bond donors (Lipinski definition) is 2. The summed E-state index contributed by atoms with van der Waals surface area (Å²) < 4.78 is 5.45. The number of rotatable bonds is 3. The summed E-state index contributed by atoms with van der Waals surface area (Å²) in [5.41, 5.74) is 11.4. The Bertz CT molecular complexity index is 986. The first-order valence-electron chi connectivity index (χ1n) is 11.5. The second-order valence-electron chi connectivity index (χ2n) is 9.05. The Morgan fingerprint density at radius 1 is 1.22 bits per heavy atom. The highest BCUT2D eigenvalue weighted by Crippen LogP contribution is 2.31. The number of fused-ring (bicyclic) bond motifs is 1. The summed E-state index contributed by atoms with van der Waals surface area (Å²) in [6.07, 6.45) is 8.34. The average Bonchev–Trinajstić information content (AvgIpc) is 3.43. The molecule has 0 spiro atoms. The molecule has 3 atom stereocenters. The van der Waals surface area contributed by atoms with Crippen molar-refractivity contribution in [3.8, 4) is 5.75 Å². The SMILES string of the molecule is COc1ccccc1C(=O)N1CCCCC1C1C=C2N=C(N3CCC(N)C3)C(C)=CN2N1. The largest absolute Gasteiger partial charge is 0.496 e. The Labute approximate surface area is 189 Å². The smallest absolute Gasteiger partial charge is 0.257 e. The molecule has 32 heavy (non-hydrogen) atoms. The van der Waals surface area contributed by atoms with Crippen molar-refractivity contribution in [1.29, 1.82) is 0 Å². The third kappa shape index (κ3) is 3.78. The Morgan fingerprint density at radius 3 is 2.84 bits per heavy atom. The van der Waals surface area contributed by atoms with Gasteiger partial charge < -0.3 is 20.3 Å².